The minimum atomic E-state index is 0.285. The quantitative estimate of drug-likeness (QED) is 0.786. The normalized spacial score (nSPS) is 21.6. The molecule has 21 heavy (non-hydrogen) atoms. The van der Waals surface area contributed by atoms with Crippen LogP contribution in [-0.2, 0) is 0 Å². The molecule has 1 atom stereocenters. The summed E-state index contributed by atoms with van der Waals surface area (Å²) < 4.78 is 8.88. The van der Waals surface area contributed by atoms with Crippen LogP contribution in [-0.4, -0.2) is 16.2 Å². The molecule has 2 aromatic rings. The van der Waals surface area contributed by atoms with Crippen LogP contribution in [0, 0.1) is 10.2 Å². The summed E-state index contributed by atoms with van der Waals surface area (Å²) in [5, 5.41) is 0. The van der Waals surface area contributed by atoms with E-state index in [1.807, 2.05) is 13.0 Å². The Morgan fingerprint density at radius 2 is 2.19 bits per heavy atom. The van der Waals surface area contributed by atoms with Gasteiger partial charge in [-0.1, -0.05) is 32.8 Å². The van der Waals surface area contributed by atoms with Crippen molar-refractivity contribution in [3.8, 4) is 5.75 Å². The summed E-state index contributed by atoms with van der Waals surface area (Å²) >= 11 is 5.63. The molecule has 1 aliphatic carbocycles. The topological polar surface area (TPSA) is 29.9 Å². The Morgan fingerprint density at radius 3 is 2.90 bits per heavy atom. The Morgan fingerprint density at radius 1 is 1.38 bits per heavy atom. The Kier molecular flexibility index (Phi) is 3.82. The van der Waals surface area contributed by atoms with Crippen molar-refractivity contribution in [2.24, 2.45) is 5.41 Å². The average molecular weight is 304 g/mol. The number of aromatic amines is 1. The maximum absolute atomic E-state index is 5.74. The van der Waals surface area contributed by atoms with Gasteiger partial charge in [0.1, 0.15) is 11.3 Å². The zero-order chi connectivity index (χ0) is 15.0. The SMILES string of the molecule is CCOc1cccc2c1[nH]c(=S)n2C1CCCCC1(C)C. The Balaban J connectivity index is 2.17. The van der Waals surface area contributed by atoms with Crippen molar-refractivity contribution in [3.63, 3.8) is 0 Å². The monoisotopic (exact) mass is 304 g/mol. The molecule has 1 heterocycles. The highest BCUT2D eigenvalue weighted by Gasteiger charge is 2.34. The number of hydrogen-bond donors (Lipinski definition) is 1. The van der Waals surface area contributed by atoms with E-state index in [4.69, 9.17) is 17.0 Å². The summed E-state index contributed by atoms with van der Waals surface area (Å²) in [6, 6.07) is 6.68. The fraction of sp³-hybridized carbons (Fsp3) is 0.588. The van der Waals surface area contributed by atoms with Crippen LogP contribution in [0.4, 0.5) is 0 Å². The van der Waals surface area contributed by atoms with Gasteiger partial charge in [-0.15, -0.1) is 0 Å². The molecule has 3 rings (SSSR count). The van der Waals surface area contributed by atoms with E-state index in [-0.39, 0.29) is 5.41 Å². The number of nitrogens with zero attached hydrogens (tertiary/aromatic N) is 1. The molecule has 1 aromatic carbocycles. The molecule has 0 spiro atoms. The van der Waals surface area contributed by atoms with E-state index < -0.39 is 0 Å². The van der Waals surface area contributed by atoms with Crippen molar-refractivity contribution >= 4 is 23.3 Å². The number of fused-ring (bicyclic) bond motifs is 1. The molecule has 1 unspecified atom stereocenters. The van der Waals surface area contributed by atoms with Gasteiger partial charge in [0.05, 0.1) is 12.1 Å². The molecule has 1 fully saturated rings. The maximum atomic E-state index is 5.74. The second kappa shape index (κ2) is 5.48. The number of benzene rings is 1. The maximum Gasteiger partial charge on any atom is 0.178 e. The largest absolute Gasteiger partial charge is 0.492 e. The second-order valence-corrected chi connectivity index (χ2v) is 7.02. The first-order valence-electron chi connectivity index (χ1n) is 7.90. The van der Waals surface area contributed by atoms with Crippen LogP contribution in [0.1, 0.15) is 52.5 Å². The van der Waals surface area contributed by atoms with Crippen molar-refractivity contribution in [2.45, 2.75) is 52.5 Å². The predicted molar refractivity (Wildman–Crippen MR) is 89.6 cm³/mol. The van der Waals surface area contributed by atoms with Gasteiger partial charge < -0.3 is 14.3 Å². The third-order valence-corrected chi connectivity index (χ3v) is 5.08. The molecule has 0 radical (unpaired) electrons. The molecule has 1 aliphatic rings. The zero-order valence-corrected chi connectivity index (χ0v) is 13.9. The fourth-order valence-electron chi connectivity index (χ4n) is 3.66. The van der Waals surface area contributed by atoms with Crippen LogP contribution >= 0.6 is 12.2 Å². The highest BCUT2D eigenvalue weighted by molar-refractivity contribution is 7.71. The van der Waals surface area contributed by atoms with Crippen molar-refractivity contribution in [1.82, 2.24) is 9.55 Å². The van der Waals surface area contributed by atoms with E-state index in [2.05, 4.69) is 35.5 Å². The Hall–Kier alpha value is -1.29. The summed E-state index contributed by atoms with van der Waals surface area (Å²) in [7, 11) is 0. The molecule has 0 saturated heterocycles. The summed E-state index contributed by atoms with van der Waals surface area (Å²) in [5.41, 5.74) is 2.49. The molecule has 114 valence electrons. The molecule has 0 bridgehead atoms. The number of H-pyrrole nitrogens is 1. The number of aromatic nitrogens is 2. The summed E-state index contributed by atoms with van der Waals surface area (Å²) in [5.74, 6) is 0.897. The van der Waals surface area contributed by atoms with Gasteiger partial charge in [-0.25, -0.2) is 0 Å². The zero-order valence-electron chi connectivity index (χ0n) is 13.1. The van der Waals surface area contributed by atoms with E-state index in [1.54, 1.807) is 0 Å². The second-order valence-electron chi connectivity index (χ2n) is 6.63. The van der Waals surface area contributed by atoms with Crippen molar-refractivity contribution < 1.29 is 4.74 Å². The number of rotatable bonds is 3. The number of ether oxygens (including phenoxy) is 1. The summed E-state index contributed by atoms with van der Waals surface area (Å²) in [6.45, 7) is 7.40. The molecule has 3 nitrogen and oxygen atoms in total. The van der Waals surface area contributed by atoms with Gasteiger partial charge in [0, 0.05) is 6.04 Å². The highest BCUT2D eigenvalue weighted by Crippen LogP contribution is 2.45. The van der Waals surface area contributed by atoms with Crippen LogP contribution in [0.15, 0.2) is 18.2 Å². The van der Waals surface area contributed by atoms with Gasteiger partial charge in [-0.3, -0.25) is 0 Å². The number of nitrogens with one attached hydrogen (secondary N) is 1. The van der Waals surface area contributed by atoms with Gasteiger partial charge in [-0.2, -0.15) is 0 Å². The molecular formula is C17H24N2OS. The summed E-state index contributed by atoms with van der Waals surface area (Å²) in [6.07, 6.45) is 5.07. The Labute approximate surface area is 131 Å². The minimum Gasteiger partial charge on any atom is -0.492 e. The van der Waals surface area contributed by atoms with Crippen LogP contribution in [0.25, 0.3) is 11.0 Å². The van der Waals surface area contributed by atoms with Crippen molar-refractivity contribution in [1.29, 1.82) is 0 Å². The lowest BCUT2D eigenvalue weighted by Crippen LogP contribution is -2.30. The molecule has 0 aliphatic heterocycles. The van der Waals surface area contributed by atoms with Crippen molar-refractivity contribution in [2.75, 3.05) is 6.61 Å². The van der Waals surface area contributed by atoms with Crippen LogP contribution < -0.4 is 4.74 Å². The first-order valence-corrected chi connectivity index (χ1v) is 8.31. The fourth-order valence-corrected chi connectivity index (χ4v) is 3.99. The van der Waals surface area contributed by atoms with Gasteiger partial charge in [0.2, 0.25) is 0 Å². The predicted octanol–water partition coefficient (Wildman–Crippen LogP) is 5.24. The summed E-state index contributed by atoms with van der Waals surface area (Å²) in [4.78, 5) is 3.37. The lowest BCUT2D eigenvalue weighted by Gasteiger charge is -2.39. The molecule has 4 heteroatoms. The Bertz CT molecular complexity index is 698. The molecule has 1 saturated carbocycles. The molecular weight excluding hydrogens is 280 g/mol. The van der Waals surface area contributed by atoms with Crippen LogP contribution in [0.3, 0.4) is 0 Å². The van der Waals surface area contributed by atoms with Gasteiger partial charge in [0.25, 0.3) is 0 Å². The smallest absolute Gasteiger partial charge is 0.178 e. The van der Waals surface area contributed by atoms with Crippen LogP contribution in [0.5, 0.6) is 5.75 Å². The van der Waals surface area contributed by atoms with Gasteiger partial charge in [0.15, 0.2) is 4.77 Å². The lowest BCUT2D eigenvalue weighted by atomic mass is 9.73. The first-order chi connectivity index (χ1) is 10.0. The average Bonchev–Trinajstić information content (AvgIpc) is 2.76. The molecule has 1 N–H and O–H groups in total. The number of hydrogen-bond acceptors (Lipinski definition) is 2. The third kappa shape index (κ3) is 2.50. The van der Waals surface area contributed by atoms with Gasteiger partial charge >= 0.3 is 0 Å². The molecule has 1 aromatic heterocycles. The van der Waals surface area contributed by atoms with E-state index in [1.165, 1.54) is 31.2 Å². The highest BCUT2D eigenvalue weighted by atomic mass is 32.1. The van der Waals surface area contributed by atoms with Crippen LogP contribution in [0.2, 0.25) is 0 Å². The minimum absolute atomic E-state index is 0.285. The number of imidazole rings is 1. The van der Waals surface area contributed by atoms with E-state index in [9.17, 15) is 0 Å². The van der Waals surface area contributed by atoms with Gasteiger partial charge in [-0.05, 0) is 49.5 Å². The van der Waals surface area contributed by atoms with E-state index >= 15 is 0 Å². The first kappa shape index (κ1) is 14.6. The van der Waals surface area contributed by atoms with E-state index in [0.29, 0.717) is 12.6 Å². The molecule has 0 amide bonds. The van der Waals surface area contributed by atoms with E-state index in [0.717, 1.165) is 16.0 Å². The number of para-hydroxylation sites is 1. The standard InChI is InChI=1S/C17H24N2OS/c1-4-20-13-9-7-8-12-15(13)18-16(21)19(12)14-10-5-6-11-17(14,2)3/h7-9,14H,4-6,10-11H2,1-3H3,(H,18,21). The third-order valence-electron chi connectivity index (χ3n) is 4.78. The lowest BCUT2D eigenvalue weighted by molar-refractivity contribution is 0.146. The van der Waals surface area contributed by atoms with Crippen molar-refractivity contribution in [3.05, 3.63) is 23.0 Å².